The molecule has 0 aliphatic carbocycles. The van der Waals surface area contributed by atoms with Gasteiger partial charge in [-0.1, -0.05) is 0 Å². The van der Waals surface area contributed by atoms with E-state index in [1.807, 2.05) is 13.0 Å². The SMILES string of the molecule is Cc1sc2cc(COc3ccc(F)cc3)nc(=O)n2c1Br. The lowest BCUT2D eigenvalue weighted by Gasteiger charge is -2.05. The van der Waals surface area contributed by atoms with Gasteiger partial charge in [-0.2, -0.15) is 4.98 Å². The number of hydrogen-bond donors (Lipinski definition) is 0. The van der Waals surface area contributed by atoms with Crippen molar-refractivity contribution in [2.24, 2.45) is 0 Å². The van der Waals surface area contributed by atoms with Gasteiger partial charge in [0.05, 0.1) is 5.69 Å². The van der Waals surface area contributed by atoms with E-state index in [-0.39, 0.29) is 18.1 Å². The fourth-order valence-electron chi connectivity index (χ4n) is 1.88. The molecule has 21 heavy (non-hydrogen) atoms. The summed E-state index contributed by atoms with van der Waals surface area (Å²) in [6, 6.07) is 7.52. The first kappa shape index (κ1) is 14.2. The fraction of sp³-hybridized carbons (Fsp3) is 0.143. The number of ether oxygens (including phenoxy) is 1. The predicted octanol–water partition coefficient (Wildman–Crippen LogP) is 3.55. The summed E-state index contributed by atoms with van der Waals surface area (Å²) in [6.07, 6.45) is 0. The molecule has 0 spiro atoms. The van der Waals surface area contributed by atoms with Gasteiger partial charge in [0.25, 0.3) is 0 Å². The molecule has 3 rings (SSSR count). The van der Waals surface area contributed by atoms with Gasteiger partial charge in [-0.25, -0.2) is 13.6 Å². The van der Waals surface area contributed by atoms with E-state index in [0.717, 1.165) is 14.3 Å². The number of aromatic nitrogens is 2. The Labute approximate surface area is 132 Å². The first-order chi connectivity index (χ1) is 10.0. The molecule has 0 aliphatic heterocycles. The molecular weight excluding hydrogens is 359 g/mol. The summed E-state index contributed by atoms with van der Waals surface area (Å²) in [5.74, 6) is 0.209. The predicted molar refractivity (Wildman–Crippen MR) is 82.5 cm³/mol. The monoisotopic (exact) mass is 368 g/mol. The molecule has 0 saturated heterocycles. The van der Waals surface area contributed by atoms with Crippen LogP contribution in [0.3, 0.4) is 0 Å². The molecule has 0 unspecified atom stereocenters. The molecular formula is C14H10BrFN2O2S. The zero-order valence-corrected chi connectivity index (χ0v) is 13.4. The van der Waals surface area contributed by atoms with Crippen LogP contribution in [0.1, 0.15) is 10.6 Å². The van der Waals surface area contributed by atoms with Crippen molar-refractivity contribution in [1.82, 2.24) is 9.38 Å². The van der Waals surface area contributed by atoms with E-state index in [2.05, 4.69) is 20.9 Å². The molecule has 0 aliphatic rings. The minimum atomic E-state index is -0.346. The number of fused-ring (bicyclic) bond motifs is 1. The molecule has 0 N–H and O–H groups in total. The van der Waals surface area contributed by atoms with E-state index in [4.69, 9.17) is 4.74 Å². The molecule has 0 amide bonds. The molecule has 0 fully saturated rings. The third kappa shape index (κ3) is 2.84. The molecule has 1 aromatic carbocycles. The Kier molecular flexibility index (Phi) is 3.77. The number of aryl methyl sites for hydroxylation is 1. The summed E-state index contributed by atoms with van der Waals surface area (Å²) < 4.78 is 20.5. The average Bonchev–Trinajstić information content (AvgIpc) is 2.74. The Morgan fingerprint density at radius 2 is 2.10 bits per heavy atom. The molecule has 2 heterocycles. The van der Waals surface area contributed by atoms with Gasteiger partial charge in [0, 0.05) is 4.88 Å². The number of halogens is 2. The Morgan fingerprint density at radius 1 is 1.38 bits per heavy atom. The highest BCUT2D eigenvalue weighted by molar-refractivity contribution is 9.10. The summed E-state index contributed by atoms with van der Waals surface area (Å²) in [5, 5.41) is 0. The van der Waals surface area contributed by atoms with Crippen LogP contribution in [-0.2, 0) is 6.61 Å². The van der Waals surface area contributed by atoms with Gasteiger partial charge in [-0.05, 0) is 53.2 Å². The maximum absolute atomic E-state index is 12.8. The number of benzene rings is 1. The molecule has 108 valence electrons. The molecule has 2 aromatic heterocycles. The second-order valence-electron chi connectivity index (χ2n) is 4.40. The zero-order chi connectivity index (χ0) is 15.0. The van der Waals surface area contributed by atoms with Crippen molar-refractivity contribution in [1.29, 1.82) is 0 Å². The van der Waals surface area contributed by atoms with Gasteiger partial charge >= 0.3 is 5.69 Å². The Hall–Kier alpha value is -1.73. The van der Waals surface area contributed by atoms with Crippen LogP contribution in [0.4, 0.5) is 4.39 Å². The van der Waals surface area contributed by atoms with Crippen molar-refractivity contribution in [3.8, 4) is 5.75 Å². The van der Waals surface area contributed by atoms with E-state index in [1.54, 1.807) is 0 Å². The molecule has 3 aromatic rings. The first-order valence-corrected chi connectivity index (χ1v) is 7.71. The third-order valence-corrected chi connectivity index (χ3v) is 5.11. The highest BCUT2D eigenvalue weighted by atomic mass is 79.9. The van der Waals surface area contributed by atoms with Crippen LogP contribution < -0.4 is 10.4 Å². The van der Waals surface area contributed by atoms with Crippen molar-refractivity contribution in [3.05, 3.63) is 61.8 Å². The standard InChI is InChI=1S/C14H10BrFN2O2S/c1-8-13(15)18-12(21-8)6-10(17-14(18)19)7-20-11-4-2-9(16)3-5-11/h2-6H,7H2,1H3. The topological polar surface area (TPSA) is 43.6 Å². The van der Waals surface area contributed by atoms with Gasteiger partial charge in [-0.3, -0.25) is 0 Å². The van der Waals surface area contributed by atoms with E-state index >= 15 is 0 Å². The minimum Gasteiger partial charge on any atom is -0.487 e. The normalized spacial score (nSPS) is 11.0. The average molecular weight is 369 g/mol. The quantitative estimate of drug-likeness (QED) is 0.709. The summed E-state index contributed by atoms with van der Waals surface area (Å²) in [5.41, 5.74) is 0.194. The van der Waals surface area contributed by atoms with Gasteiger partial charge in [0.15, 0.2) is 0 Å². The first-order valence-electron chi connectivity index (χ1n) is 6.10. The second-order valence-corrected chi connectivity index (χ2v) is 6.38. The van der Waals surface area contributed by atoms with Crippen LogP contribution in [0.2, 0.25) is 0 Å². The van der Waals surface area contributed by atoms with Crippen LogP contribution in [0.5, 0.6) is 5.75 Å². The van der Waals surface area contributed by atoms with E-state index in [9.17, 15) is 9.18 Å². The minimum absolute atomic E-state index is 0.159. The van der Waals surface area contributed by atoms with Gasteiger partial charge in [-0.15, -0.1) is 11.3 Å². The number of thiazole rings is 1. The van der Waals surface area contributed by atoms with E-state index in [0.29, 0.717) is 11.4 Å². The van der Waals surface area contributed by atoms with Crippen molar-refractivity contribution >= 4 is 32.1 Å². The third-order valence-electron chi connectivity index (χ3n) is 2.89. The zero-order valence-electron chi connectivity index (χ0n) is 11.0. The summed E-state index contributed by atoms with van der Waals surface area (Å²) in [4.78, 5) is 17.8. The molecule has 0 saturated carbocycles. The van der Waals surface area contributed by atoms with Crippen LogP contribution in [0, 0.1) is 12.7 Å². The van der Waals surface area contributed by atoms with Crippen LogP contribution in [-0.4, -0.2) is 9.38 Å². The van der Waals surface area contributed by atoms with Crippen molar-refractivity contribution < 1.29 is 9.13 Å². The highest BCUT2D eigenvalue weighted by Crippen LogP contribution is 2.25. The lowest BCUT2D eigenvalue weighted by molar-refractivity contribution is 0.300. The molecule has 0 bridgehead atoms. The Morgan fingerprint density at radius 3 is 2.81 bits per heavy atom. The maximum Gasteiger partial charge on any atom is 0.354 e. The number of nitrogens with zero attached hydrogens (tertiary/aromatic N) is 2. The van der Waals surface area contributed by atoms with Crippen molar-refractivity contribution in [3.63, 3.8) is 0 Å². The largest absolute Gasteiger partial charge is 0.487 e. The van der Waals surface area contributed by atoms with Gasteiger partial charge < -0.3 is 4.74 Å². The van der Waals surface area contributed by atoms with Gasteiger partial charge in [0.1, 0.15) is 27.6 Å². The molecule has 7 heteroatoms. The van der Waals surface area contributed by atoms with Crippen molar-refractivity contribution in [2.45, 2.75) is 13.5 Å². The van der Waals surface area contributed by atoms with Crippen LogP contribution in [0.15, 0.2) is 39.7 Å². The van der Waals surface area contributed by atoms with Crippen LogP contribution in [0.25, 0.3) is 4.83 Å². The Balaban J connectivity index is 1.88. The number of hydrogen-bond acceptors (Lipinski definition) is 4. The molecule has 4 nitrogen and oxygen atoms in total. The fourth-order valence-corrected chi connectivity index (χ4v) is 3.53. The summed E-state index contributed by atoms with van der Waals surface area (Å²) >= 11 is 4.88. The summed E-state index contributed by atoms with van der Waals surface area (Å²) in [6.45, 7) is 2.09. The van der Waals surface area contributed by atoms with E-state index in [1.165, 1.54) is 40.0 Å². The smallest absolute Gasteiger partial charge is 0.354 e. The number of rotatable bonds is 3. The molecule has 0 radical (unpaired) electrons. The molecule has 0 atom stereocenters. The second kappa shape index (κ2) is 5.57. The lowest BCUT2D eigenvalue weighted by Crippen LogP contribution is -2.18. The lowest BCUT2D eigenvalue weighted by atomic mass is 10.3. The highest BCUT2D eigenvalue weighted by Gasteiger charge is 2.10. The Bertz CT molecular complexity index is 858. The van der Waals surface area contributed by atoms with Gasteiger partial charge in [0.2, 0.25) is 0 Å². The van der Waals surface area contributed by atoms with Crippen molar-refractivity contribution in [2.75, 3.05) is 0 Å². The van der Waals surface area contributed by atoms with E-state index < -0.39 is 0 Å². The maximum atomic E-state index is 12.8. The van der Waals surface area contributed by atoms with Crippen LogP contribution >= 0.6 is 27.3 Å². The summed E-state index contributed by atoms with van der Waals surface area (Å²) in [7, 11) is 0.